The van der Waals surface area contributed by atoms with Crippen LogP contribution in [0, 0.1) is 13.8 Å². The summed E-state index contributed by atoms with van der Waals surface area (Å²) in [5, 5.41) is 3.12. The number of rotatable bonds is 6. The van der Waals surface area contributed by atoms with Gasteiger partial charge in [0.1, 0.15) is 0 Å². The summed E-state index contributed by atoms with van der Waals surface area (Å²) in [5.74, 6) is -0.893. The molecule has 0 aliphatic carbocycles. The minimum atomic E-state index is -0.587. The Morgan fingerprint density at radius 3 is 2.52 bits per heavy atom. The monoisotopic (exact) mass is 414 g/mol. The van der Waals surface area contributed by atoms with E-state index in [0.717, 1.165) is 29.7 Å². The Morgan fingerprint density at radius 2 is 1.90 bits per heavy atom. The van der Waals surface area contributed by atoms with Crippen LogP contribution in [0.15, 0.2) is 36.4 Å². The molecule has 0 radical (unpaired) electrons. The van der Waals surface area contributed by atoms with E-state index in [1.54, 1.807) is 35.2 Å². The molecule has 0 aromatic heterocycles. The lowest BCUT2D eigenvalue weighted by atomic mass is 10.1. The maximum absolute atomic E-state index is 12.2. The number of nitrogens with zero attached hydrogens (tertiary/aromatic N) is 1. The van der Waals surface area contributed by atoms with Crippen LogP contribution in [0.5, 0.6) is 0 Å². The van der Waals surface area contributed by atoms with Crippen molar-refractivity contribution in [3.8, 4) is 0 Å². The zero-order valence-electron chi connectivity index (χ0n) is 16.5. The standard InChI is InChI=1S/C22H23ClN2O4/c1-14-10-15(2)21(18(23)11-14)24-19(26)13-29-22(28)17-7-5-16(6-8-17)12-25-9-3-4-20(25)27/h5-8,10-11H,3-4,9,12-13H2,1-2H3,(H,24,26). The molecule has 1 fully saturated rings. The molecule has 7 heteroatoms. The zero-order valence-corrected chi connectivity index (χ0v) is 17.2. The molecule has 2 aromatic rings. The number of hydrogen-bond donors (Lipinski definition) is 1. The molecule has 3 rings (SSSR count). The minimum Gasteiger partial charge on any atom is -0.452 e. The topological polar surface area (TPSA) is 75.7 Å². The maximum Gasteiger partial charge on any atom is 0.338 e. The molecule has 0 atom stereocenters. The van der Waals surface area contributed by atoms with Crippen LogP contribution in [0.3, 0.4) is 0 Å². The van der Waals surface area contributed by atoms with Crippen LogP contribution in [-0.2, 0) is 20.9 Å². The van der Waals surface area contributed by atoms with Gasteiger partial charge in [0, 0.05) is 19.5 Å². The first kappa shape index (κ1) is 20.9. The second-order valence-corrected chi connectivity index (χ2v) is 7.59. The highest BCUT2D eigenvalue weighted by Gasteiger charge is 2.20. The van der Waals surface area contributed by atoms with E-state index in [1.165, 1.54) is 0 Å². The van der Waals surface area contributed by atoms with Gasteiger partial charge in [-0.05, 0) is 55.2 Å². The quantitative estimate of drug-likeness (QED) is 0.728. The Labute approximate surface area is 174 Å². The summed E-state index contributed by atoms with van der Waals surface area (Å²) < 4.78 is 5.10. The Balaban J connectivity index is 1.52. The van der Waals surface area contributed by atoms with Crippen molar-refractivity contribution < 1.29 is 19.1 Å². The van der Waals surface area contributed by atoms with Gasteiger partial charge in [0.15, 0.2) is 6.61 Å². The largest absolute Gasteiger partial charge is 0.452 e. The van der Waals surface area contributed by atoms with Gasteiger partial charge in [0.05, 0.1) is 16.3 Å². The molecular weight excluding hydrogens is 392 g/mol. The smallest absolute Gasteiger partial charge is 0.338 e. The molecule has 1 N–H and O–H groups in total. The molecule has 1 saturated heterocycles. The average molecular weight is 415 g/mol. The predicted octanol–water partition coefficient (Wildman–Crippen LogP) is 3.87. The summed E-state index contributed by atoms with van der Waals surface area (Å²) in [5.41, 5.74) is 3.63. The summed E-state index contributed by atoms with van der Waals surface area (Å²) in [6.07, 6.45) is 1.48. The van der Waals surface area contributed by atoms with Crippen molar-refractivity contribution in [3.05, 3.63) is 63.7 Å². The number of aryl methyl sites for hydroxylation is 2. The van der Waals surface area contributed by atoms with Gasteiger partial charge >= 0.3 is 5.97 Å². The first-order valence-corrected chi connectivity index (χ1v) is 9.81. The van der Waals surface area contributed by atoms with E-state index in [4.69, 9.17) is 16.3 Å². The fourth-order valence-corrected chi connectivity index (χ4v) is 3.67. The molecule has 6 nitrogen and oxygen atoms in total. The number of carbonyl (C=O) groups excluding carboxylic acids is 3. The molecule has 0 bridgehead atoms. The van der Waals surface area contributed by atoms with Gasteiger partial charge in [-0.2, -0.15) is 0 Å². The van der Waals surface area contributed by atoms with E-state index in [1.807, 2.05) is 19.9 Å². The van der Waals surface area contributed by atoms with E-state index < -0.39 is 18.5 Å². The summed E-state index contributed by atoms with van der Waals surface area (Å²) in [6.45, 7) is 4.65. The number of anilines is 1. The number of carbonyl (C=O) groups is 3. The third-order valence-corrected chi connectivity index (χ3v) is 5.06. The average Bonchev–Trinajstić information content (AvgIpc) is 3.08. The molecule has 29 heavy (non-hydrogen) atoms. The van der Waals surface area contributed by atoms with Gasteiger partial charge in [-0.1, -0.05) is 29.8 Å². The van der Waals surface area contributed by atoms with Crippen LogP contribution in [0.1, 0.15) is 39.9 Å². The Morgan fingerprint density at radius 1 is 1.17 bits per heavy atom. The lowest BCUT2D eigenvalue weighted by molar-refractivity contribution is -0.128. The van der Waals surface area contributed by atoms with Crippen LogP contribution < -0.4 is 5.32 Å². The van der Waals surface area contributed by atoms with Crippen LogP contribution >= 0.6 is 11.6 Å². The molecular formula is C22H23ClN2O4. The van der Waals surface area contributed by atoms with Crippen molar-refractivity contribution in [2.24, 2.45) is 0 Å². The molecule has 1 heterocycles. The number of ether oxygens (including phenoxy) is 1. The highest BCUT2D eigenvalue weighted by Crippen LogP contribution is 2.27. The van der Waals surface area contributed by atoms with Crippen LogP contribution in [-0.4, -0.2) is 35.8 Å². The van der Waals surface area contributed by atoms with Crippen molar-refractivity contribution in [2.45, 2.75) is 33.2 Å². The third kappa shape index (κ3) is 5.35. The number of benzene rings is 2. The van der Waals surface area contributed by atoms with Crippen molar-refractivity contribution >= 4 is 35.1 Å². The van der Waals surface area contributed by atoms with Crippen LogP contribution in [0.4, 0.5) is 5.69 Å². The molecule has 2 aromatic carbocycles. The lowest BCUT2D eigenvalue weighted by Gasteiger charge is -2.15. The fraction of sp³-hybridized carbons (Fsp3) is 0.318. The van der Waals surface area contributed by atoms with Gasteiger partial charge in [-0.3, -0.25) is 9.59 Å². The third-order valence-electron chi connectivity index (χ3n) is 4.76. The zero-order chi connectivity index (χ0) is 21.0. The van der Waals surface area contributed by atoms with E-state index >= 15 is 0 Å². The first-order valence-electron chi connectivity index (χ1n) is 9.44. The molecule has 0 spiro atoms. The Hall–Kier alpha value is -2.86. The predicted molar refractivity (Wildman–Crippen MR) is 111 cm³/mol. The number of nitrogens with one attached hydrogen (secondary N) is 1. The van der Waals surface area contributed by atoms with Crippen molar-refractivity contribution in [2.75, 3.05) is 18.5 Å². The molecule has 0 saturated carbocycles. The van der Waals surface area contributed by atoms with E-state index in [9.17, 15) is 14.4 Å². The van der Waals surface area contributed by atoms with Crippen molar-refractivity contribution in [3.63, 3.8) is 0 Å². The summed E-state index contributed by atoms with van der Waals surface area (Å²) in [4.78, 5) is 37.8. The second kappa shape index (κ2) is 9.09. The van der Waals surface area contributed by atoms with Crippen molar-refractivity contribution in [1.29, 1.82) is 0 Å². The summed E-state index contributed by atoms with van der Waals surface area (Å²) in [7, 11) is 0. The molecule has 0 unspecified atom stereocenters. The molecule has 152 valence electrons. The van der Waals surface area contributed by atoms with Crippen LogP contribution in [0.2, 0.25) is 5.02 Å². The molecule has 1 aliphatic rings. The summed E-state index contributed by atoms with van der Waals surface area (Å²) >= 11 is 6.18. The number of amides is 2. The highest BCUT2D eigenvalue weighted by atomic mass is 35.5. The number of halogens is 1. The minimum absolute atomic E-state index is 0.156. The normalized spacial score (nSPS) is 13.5. The summed E-state index contributed by atoms with van der Waals surface area (Å²) in [6, 6.07) is 10.5. The highest BCUT2D eigenvalue weighted by molar-refractivity contribution is 6.34. The van der Waals surface area contributed by atoms with E-state index in [-0.39, 0.29) is 5.91 Å². The van der Waals surface area contributed by atoms with E-state index in [0.29, 0.717) is 29.2 Å². The Kier molecular flexibility index (Phi) is 6.54. The first-order chi connectivity index (χ1) is 13.8. The Bertz CT molecular complexity index is 917. The second-order valence-electron chi connectivity index (χ2n) is 7.18. The number of hydrogen-bond acceptors (Lipinski definition) is 4. The van der Waals surface area contributed by atoms with E-state index in [2.05, 4.69) is 5.32 Å². The number of likely N-dealkylation sites (tertiary alicyclic amines) is 1. The van der Waals surface area contributed by atoms with Crippen LogP contribution in [0.25, 0.3) is 0 Å². The fourth-order valence-electron chi connectivity index (χ4n) is 3.30. The molecule has 2 amide bonds. The van der Waals surface area contributed by atoms with Gasteiger partial charge in [-0.15, -0.1) is 0 Å². The van der Waals surface area contributed by atoms with Gasteiger partial charge in [0.25, 0.3) is 5.91 Å². The molecule has 1 aliphatic heterocycles. The van der Waals surface area contributed by atoms with Gasteiger partial charge in [0.2, 0.25) is 5.91 Å². The van der Waals surface area contributed by atoms with Gasteiger partial charge in [-0.25, -0.2) is 4.79 Å². The lowest BCUT2D eigenvalue weighted by Crippen LogP contribution is -2.24. The van der Waals surface area contributed by atoms with Crippen molar-refractivity contribution in [1.82, 2.24) is 4.90 Å². The maximum atomic E-state index is 12.2. The number of esters is 1. The van der Waals surface area contributed by atoms with Gasteiger partial charge < -0.3 is 15.0 Å². The SMILES string of the molecule is Cc1cc(C)c(NC(=O)COC(=O)c2ccc(CN3CCCC3=O)cc2)c(Cl)c1.